The normalized spacial score (nSPS) is 11.6. The van der Waals surface area contributed by atoms with Gasteiger partial charge in [-0.15, -0.1) is 11.3 Å². The molecular weight excluding hydrogens is 505 g/mol. The molecule has 3 aromatic rings. The van der Waals surface area contributed by atoms with E-state index in [2.05, 4.69) is 15.3 Å². The van der Waals surface area contributed by atoms with Gasteiger partial charge in [0.25, 0.3) is 5.91 Å². The maximum absolute atomic E-state index is 14.1. The van der Waals surface area contributed by atoms with Crippen molar-refractivity contribution in [1.29, 1.82) is 0 Å². The number of phenolic OH excluding ortho intramolecular Hbond substituents is 1. The number of rotatable bonds is 6. The lowest BCUT2D eigenvalue weighted by atomic mass is 9.94. The number of fused-ring (bicyclic) bond motifs is 1. The van der Waals surface area contributed by atoms with Crippen LogP contribution < -0.4 is 11.1 Å². The Morgan fingerprint density at radius 2 is 1.70 bits per heavy atom. The number of carbonyl (C=O) groups is 2. The minimum absolute atomic E-state index is 0.0212. The third kappa shape index (κ3) is 6.85. The summed E-state index contributed by atoms with van der Waals surface area (Å²) in [6.45, 7) is 14.6. The van der Waals surface area contributed by atoms with Gasteiger partial charge in [0.2, 0.25) is 0 Å². The molecule has 2 heterocycles. The van der Waals surface area contributed by atoms with Crippen molar-refractivity contribution in [2.75, 3.05) is 5.32 Å². The number of amides is 1. The molecule has 0 aliphatic carbocycles. The summed E-state index contributed by atoms with van der Waals surface area (Å²) < 4.78 is 42.8. The largest absolute Gasteiger partial charge is 0.506 e. The van der Waals surface area contributed by atoms with E-state index in [0.717, 1.165) is 5.56 Å². The molecule has 0 aliphatic heterocycles. The highest BCUT2D eigenvalue weighted by Gasteiger charge is 2.40. The molecule has 0 aliphatic rings. The summed E-state index contributed by atoms with van der Waals surface area (Å²) in [5.41, 5.74) is 6.06. The molecule has 0 fully saturated rings. The van der Waals surface area contributed by atoms with Crippen molar-refractivity contribution in [2.45, 2.75) is 67.5 Å². The van der Waals surface area contributed by atoms with Gasteiger partial charge < -0.3 is 21.0 Å². The van der Waals surface area contributed by atoms with Gasteiger partial charge in [-0.1, -0.05) is 33.3 Å². The monoisotopic (exact) mass is 538 g/mol. The zero-order chi connectivity index (χ0) is 28.7. The zero-order valence-electron chi connectivity index (χ0n) is 22.1. The molecular formula is C26H33F3N4O3S. The molecule has 0 atom stereocenters. The van der Waals surface area contributed by atoms with Crippen molar-refractivity contribution in [3.63, 3.8) is 0 Å². The Morgan fingerprint density at radius 3 is 2.22 bits per heavy atom. The van der Waals surface area contributed by atoms with E-state index >= 15 is 0 Å². The first-order valence-corrected chi connectivity index (χ1v) is 12.4. The Morgan fingerprint density at radius 1 is 1.11 bits per heavy atom. The van der Waals surface area contributed by atoms with Crippen LogP contribution in [-0.4, -0.2) is 27.8 Å². The lowest BCUT2D eigenvalue weighted by Gasteiger charge is -2.22. The molecule has 2 aromatic heterocycles. The smallest absolute Gasteiger partial charge is 0.434 e. The topological polar surface area (TPSA) is 118 Å². The molecule has 4 N–H and O–H groups in total. The fourth-order valence-corrected chi connectivity index (χ4v) is 4.60. The minimum Gasteiger partial charge on any atom is -0.506 e. The standard InChI is InChI=1S/C23H25F3N4O2S.C2H6.CH2O/c1-6-7-14(29-18-11(3)10(2)8-9-15(18)31)17(21(27)32)16-12(4)19-22(28-13(5)33-19)30-20(16)23(24,25)26;2*1-2/h8-9,29,31H,6-7H2,1-5H3,(H2,27,32);1-2H3;1H2/b17-14-;;. The molecule has 0 spiro atoms. The number of aryl methyl sites for hydroxylation is 3. The Labute approximate surface area is 218 Å². The maximum Gasteiger partial charge on any atom is 0.434 e. The van der Waals surface area contributed by atoms with Crippen molar-refractivity contribution in [2.24, 2.45) is 5.73 Å². The SMILES string of the molecule is C=O.CC.CCC/C(Nc1c(O)ccc(C)c1C)=C(/C(N)=O)c1c(C(F)(F)F)nc2nc(C)sc2c1C. The highest BCUT2D eigenvalue weighted by atomic mass is 32.1. The van der Waals surface area contributed by atoms with E-state index in [4.69, 9.17) is 10.5 Å². The number of anilines is 1. The number of nitrogens with one attached hydrogen (secondary N) is 1. The maximum atomic E-state index is 14.1. The number of aromatic hydroxyl groups is 1. The highest BCUT2D eigenvalue weighted by Crippen LogP contribution is 2.41. The number of thiazole rings is 1. The van der Waals surface area contributed by atoms with Gasteiger partial charge in [0.15, 0.2) is 11.3 Å². The van der Waals surface area contributed by atoms with Gasteiger partial charge in [0, 0.05) is 11.3 Å². The molecule has 11 heteroatoms. The summed E-state index contributed by atoms with van der Waals surface area (Å²) in [6, 6.07) is 3.21. The number of benzene rings is 1. The van der Waals surface area contributed by atoms with Crippen molar-refractivity contribution >= 4 is 45.6 Å². The van der Waals surface area contributed by atoms with Crippen LogP contribution in [0.2, 0.25) is 0 Å². The van der Waals surface area contributed by atoms with Gasteiger partial charge in [0.05, 0.1) is 21.0 Å². The molecule has 3 rings (SSSR count). The number of hydrogen-bond donors (Lipinski definition) is 3. The quantitative estimate of drug-likeness (QED) is 0.240. The van der Waals surface area contributed by atoms with Crippen LogP contribution >= 0.6 is 11.3 Å². The van der Waals surface area contributed by atoms with Gasteiger partial charge in [-0.05, 0) is 56.9 Å². The fourth-order valence-electron chi connectivity index (χ4n) is 3.73. The molecule has 7 nitrogen and oxygen atoms in total. The number of halogens is 3. The summed E-state index contributed by atoms with van der Waals surface area (Å²) >= 11 is 1.20. The number of alkyl halides is 3. The molecule has 1 amide bonds. The molecule has 0 radical (unpaired) electrons. The summed E-state index contributed by atoms with van der Waals surface area (Å²) in [5.74, 6) is -1.11. The van der Waals surface area contributed by atoms with Crippen LogP contribution in [0.3, 0.4) is 0 Å². The Balaban J connectivity index is 0.00000163. The highest BCUT2D eigenvalue weighted by molar-refractivity contribution is 7.18. The molecule has 0 saturated heterocycles. The summed E-state index contributed by atoms with van der Waals surface area (Å²) in [6.07, 6.45) is -4.10. The predicted octanol–water partition coefficient (Wildman–Crippen LogP) is 6.60. The summed E-state index contributed by atoms with van der Waals surface area (Å²) in [7, 11) is 0. The second-order valence-electron chi connectivity index (χ2n) is 7.84. The van der Waals surface area contributed by atoms with Gasteiger partial charge in [-0.25, -0.2) is 9.97 Å². The van der Waals surface area contributed by atoms with E-state index < -0.39 is 17.8 Å². The first-order chi connectivity index (χ1) is 17.4. The average molecular weight is 539 g/mol. The van der Waals surface area contributed by atoms with E-state index in [1.165, 1.54) is 24.3 Å². The fraction of sp³-hybridized carbons (Fsp3) is 0.385. The third-order valence-corrected chi connectivity index (χ3v) is 6.52. The first kappa shape index (κ1) is 31.6. The molecule has 1 aromatic carbocycles. The van der Waals surface area contributed by atoms with E-state index in [0.29, 0.717) is 27.4 Å². The molecule has 0 saturated carbocycles. The first-order valence-electron chi connectivity index (χ1n) is 11.6. The van der Waals surface area contributed by atoms with Crippen molar-refractivity contribution in [3.8, 4) is 5.75 Å². The van der Waals surface area contributed by atoms with Crippen LogP contribution in [0.5, 0.6) is 5.75 Å². The summed E-state index contributed by atoms with van der Waals surface area (Å²) in [5, 5.41) is 14.0. The number of nitrogens with zero attached hydrogens (tertiary/aromatic N) is 2. The lowest BCUT2D eigenvalue weighted by molar-refractivity contribution is -0.141. The number of carbonyl (C=O) groups excluding carboxylic acids is 2. The Bertz CT molecular complexity index is 1300. The molecule has 0 unspecified atom stereocenters. The van der Waals surface area contributed by atoms with E-state index in [9.17, 15) is 23.1 Å². The summed E-state index contributed by atoms with van der Waals surface area (Å²) in [4.78, 5) is 28.6. The average Bonchev–Trinajstić information content (AvgIpc) is 3.23. The van der Waals surface area contributed by atoms with Gasteiger partial charge in [-0.2, -0.15) is 13.2 Å². The lowest BCUT2D eigenvalue weighted by Crippen LogP contribution is -2.23. The molecule has 202 valence electrons. The zero-order valence-corrected chi connectivity index (χ0v) is 22.9. The predicted molar refractivity (Wildman–Crippen MR) is 143 cm³/mol. The number of nitrogens with two attached hydrogens (primary N) is 1. The third-order valence-electron chi connectivity index (χ3n) is 5.44. The molecule has 37 heavy (non-hydrogen) atoms. The van der Waals surface area contributed by atoms with Crippen LogP contribution in [0.4, 0.5) is 18.9 Å². The van der Waals surface area contributed by atoms with E-state index in [1.807, 2.05) is 34.5 Å². The van der Waals surface area contributed by atoms with Crippen molar-refractivity contribution < 1.29 is 27.9 Å². The van der Waals surface area contributed by atoms with Crippen LogP contribution in [-0.2, 0) is 15.8 Å². The van der Waals surface area contributed by atoms with Gasteiger partial charge in [0.1, 0.15) is 12.5 Å². The Kier molecular flexibility index (Phi) is 11.2. The number of allylic oxidation sites excluding steroid dienone is 1. The van der Waals surface area contributed by atoms with Crippen molar-refractivity contribution in [1.82, 2.24) is 9.97 Å². The number of phenols is 1. The number of pyridine rings is 1. The minimum atomic E-state index is -4.84. The van der Waals surface area contributed by atoms with Gasteiger partial charge >= 0.3 is 6.18 Å². The van der Waals surface area contributed by atoms with E-state index in [-0.39, 0.29) is 40.2 Å². The molecule has 0 bridgehead atoms. The second-order valence-corrected chi connectivity index (χ2v) is 9.04. The van der Waals surface area contributed by atoms with Crippen LogP contribution in [0, 0.1) is 27.7 Å². The van der Waals surface area contributed by atoms with Crippen LogP contribution in [0.25, 0.3) is 15.9 Å². The van der Waals surface area contributed by atoms with E-state index in [1.54, 1.807) is 19.9 Å². The van der Waals surface area contributed by atoms with Gasteiger partial charge in [-0.3, -0.25) is 4.79 Å². The van der Waals surface area contributed by atoms with Crippen molar-refractivity contribution in [3.05, 3.63) is 50.8 Å². The number of aromatic nitrogens is 2. The second kappa shape index (κ2) is 13.2. The van der Waals surface area contributed by atoms with Crippen LogP contribution in [0.1, 0.15) is 66.6 Å². The van der Waals surface area contributed by atoms with Crippen LogP contribution in [0.15, 0.2) is 17.8 Å². The number of hydrogen-bond acceptors (Lipinski definition) is 7. The number of primary amides is 1. The Hall–Kier alpha value is -3.47.